The van der Waals surface area contributed by atoms with Crippen molar-refractivity contribution in [3.8, 4) is 0 Å². The number of benzene rings is 1. The Morgan fingerprint density at radius 2 is 2.07 bits per heavy atom. The topological polar surface area (TPSA) is 25.2 Å². The molecule has 2 nitrogen and oxygen atoms in total. The maximum absolute atomic E-state index is 9.13. The number of aryl methyl sites for hydroxylation is 1. The van der Waals surface area contributed by atoms with Crippen LogP contribution in [0, 0.1) is 0 Å². The van der Waals surface area contributed by atoms with Crippen LogP contribution in [-0.4, -0.2) is 9.67 Å². The van der Waals surface area contributed by atoms with Gasteiger partial charge in [0.2, 0.25) is 0 Å². The van der Waals surface area contributed by atoms with Gasteiger partial charge in [-0.3, -0.25) is 0 Å². The van der Waals surface area contributed by atoms with E-state index in [0.29, 0.717) is 15.7 Å². The van der Waals surface area contributed by atoms with Crippen molar-refractivity contribution in [2.75, 3.05) is 0 Å². The van der Waals surface area contributed by atoms with E-state index in [1.165, 1.54) is 0 Å². The van der Waals surface area contributed by atoms with Gasteiger partial charge in [-0.15, -0.1) is 0 Å². The van der Waals surface area contributed by atoms with E-state index in [9.17, 15) is 0 Å². The Bertz CT molecular complexity index is 490. The summed E-state index contributed by atoms with van der Waals surface area (Å²) in [5.74, 6) is 0. The highest BCUT2D eigenvalue weighted by Crippen LogP contribution is 2.31. The number of hydrogen-bond acceptors (Lipinski definition) is 1. The molecule has 1 N–H and O–H groups in total. The zero-order chi connectivity index (χ0) is 10.3. The average Bonchev–Trinajstić information content (AvgIpc) is 2.39. The molecule has 2 aromatic rings. The summed E-state index contributed by atoms with van der Waals surface area (Å²) in [6, 6.07) is 5.48. The number of fused-ring (bicyclic) bond motifs is 1. The standard InChI is InChI=1S/C10H9Cl2NO/c1-13-8-4-6(11)2-3-7(8)10(12)9(13)5-14/h2-4,14H,5H2,1H3. The fourth-order valence-electron chi connectivity index (χ4n) is 1.59. The Balaban J connectivity index is 2.87. The van der Waals surface area contributed by atoms with E-state index >= 15 is 0 Å². The first kappa shape index (κ1) is 9.84. The van der Waals surface area contributed by atoms with Crippen molar-refractivity contribution in [1.82, 2.24) is 4.57 Å². The van der Waals surface area contributed by atoms with Crippen LogP contribution in [0.5, 0.6) is 0 Å². The van der Waals surface area contributed by atoms with E-state index < -0.39 is 0 Å². The van der Waals surface area contributed by atoms with Gasteiger partial charge in [0.05, 0.1) is 22.8 Å². The van der Waals surface area contributed by atoms with Gasteiger partial charge in [0, 0.05) is 17.5 Å². The number of rotatable bonds is 1. The summed E-state index contributed by atoms with van der Waals surface area (Å²) in [5, 5.41) is 11.3. The van der Waals surface area contributed by atoms with Crippen molar-refractivity contribution in [2.45, 2.75) is 6.61 Å². The maximum atomic E-state index is 9.13. The second-order valence-corrected chi connectivity index (χ2v) is 3.95. The molecule has 2 rings (SSSR count). The molecule has 0 saturated heterocycles. The molecule has 0 atom stereocenters. The van der Waals surface area contributed by atoms with Crippen LogP contribution in [0.15, 0.2) is 18.2 Å². The van der Waals surface area contributed by atoms with E-state index in [4.69, 9.17) is 28.3 Å². The van der Waals surface area contributed by atoms with Crippen LogP contribution < -0.4 is 0 Å². The quantitative estimate of drug-likeness (QED) is 0.800. The van der Waals surface area contributed by atoms with E-state index in [1.54, 1.807) is 6.07 Å². The van der Waals surface area contributed by atoms with Gasteiger partial charge < -0.3 is 9.67 Å². The minimum atomic E-state index is -0.0678. The minimum Gasteiger partial charge on any atom is -0.390 e. The van der Waals surface area contributed by atoms with Crippen molar-refractivity contribution < 1.29 is 5.11 Å². The van der Waals surface area contributed by atoms with Crippen LogP contribution in [0.4, 0.5) is 0 Å². The lowest BCUT2D eigenvalue weighted by molar-refractivity contribution is 0.273. The third-order valence-electron chi connectivity index (χ3n) is 2.37. The third kappa shape index (κ3) is 1.31. The SMILES string of the molecule is Cn1c(CO)c(Cl)c2ccc(Cl)cc21. The van der Waals surface area contributed by atoms with Gasteiger partial charge in [0.1, 0.15) is 0 Å². The van der Waals surface area contributed by atoms with Gasteiger partial charge in [0.25, 0.3) is 0 Å². The zero-order valence-corrected chi connectivity index (χ0v) is 9.10. The van der Waals surface area contributed by atoms with Gasteiger partial charge >= 0.3 is 0 Å². The highest BCUT2D eigenvalue weighted by molar-refractivity contribution is 6.37. The second-order valence-electron chi connectivity index (χ2n) is 3.14. The van der Waals surface area contributed by atoms with Crippen molar-refractivity contribution in [2.24, 2.45) is 7.05 Å². The highest BCUT2D eigenvalue weighted by Gasteiger charge is 2.12. The lowest BCUT2D eigenvalue weighted by Crippen LogP contribution is -1.95. The molecule has 0 unspecified atom stereocenters. The Morgan fingerprint density at radius 3 is 2.71 bits per heavy atom. The minimum absolute atomic E-state index is 0.0678. The van der Waals surface area contributed by atoms with Gasteiger partial charge in [0.15, 0.2) is 0 Å². The van der Waals surface area contributed by atoms with Crippen LogP contribution in [0.25, 0.3) is 10.9 Å². The van der Waals surface area contributed by atoms with Gasteiger partial charge in [-0.25, -0.2) is 0 Å². The van der Waals surface area contributed by atoms with Crippen molar-refractivity contribution >= 4 is 34.1 Å². The molecule has 0 fully saturated rings. The van der Waals surface area contributed by atoms with E-state index in [0.717, 1.165) is 10.9 Å². The predicted octanol–water partition coefficient (Wildman–Crippen LogP) is 2.98. The lowest BCUT2D eigenvalue weighted by Gasteiger charge is -2.00. The summed E-state index contributed by atoms with van der Waals surface area (Å²) in [5.41, 5.74) is 1.65. The van der Waals surface area contributed by atoms with Crippen LogP contribution in [0.3, 0.4) is 0 Å². The van der Waals surface area contributed by atoms with E-state index in [1.807, 2.05) is 23.7 Å². The molecule has 0 spiro atoms. The van der Waals surface area contributed by atoms with E-state index in [-0.39, 0.29) is 6.61 Å². The summed E-state index contributed by atoms with van der Waals surface area (Å²) in [6.07, 6.45) is 0. The van der Waals surface area contributed by atoms with Gasteiger partial charge in [-0.2, -0.15) is 0 Å². The molecule has 0 aliphatic carbocycles. The van der Waals surface area contributed by atoms with Gasteiger partial charge in [-0.1, -0.05) is 23.2 Å². The molecule has 0 saturated carbocycles. The van der Waals surface area contributed by atoms with Crippen molar-refractivity contribution in [3.05, 3.63) is 33.9 Å². The summed E-state index contributed by atoms with van der Waals surface area (Å²) in [7, 11) is 1.86. The number of aromatic nitrogens is 1. The molecule has 0 amide bonds. The monoisotopic (exact) mass is 229 g/mol. The molecule has 0 aliphatic rings. The Hall–Kier alpha value is -0.700. The molecule has 0 radical (unpaired) electrons. The molecule has 1 heterocycles. The van der Waals surface area contributed by atoms with E-state index in [2.05, 4.69) is 0 Å². The zero-order valence-electron chi connectivity index (χ0n) is 7.59. The first-order valence-corrected chi connectivity index (χ1v) is 4.94. The second kappa shape index (κ2) is 3.46. The summed E-state index contributed by atoms with van der Waals surface area (Å²) in [4.78, 5) is 0. The summed E-state index contributed by atoms with van der Waals surface area (Å²) < 4.78 is 1.85. The fourth-order valence-corrected chi connectivity index (χ4v) is 2.10. The van der Waals surface area contributed by atoms with Crippen LogP contribution >= 0.6 is 23.2 Å². The normalized spacial score (nSPS) is 11.1. The first-order chi connectivity index (χ1) is 6.65. The molecular formula is C10H9Cl2NO. The van der Waals surface area contributed by atoms with Crippen LogP contribution in [0.2, 0.25) is 10.0 Å². The largest absolute Gasteiger partial charge is 0.390 e. The number of hydrogen-bond donors (Lipinski definition) is 1. The molecule has 0 aliphatic heterocycles. The molecular weight excluding hydrogens is 221 g/mol. The summed E-state index contributed by atoms with van der Waals surface area (Å²) >= 11 is 12.0. The summed E-state index contributed by atoms with van der Waals surface area (Å²) in [6.45, 7) is -0.0678. The lowest BCUT2D eigenvalue weighted by atomic mass is 10.2. The number of aliphatic hydroxyl groups is 1. The Labute approximate surface area is 91.7 Å². The van der Waals surface area contributed by atoms with Crippen LogP contribution in [0.1, 0.15) is 5.69 Å². The first-order valence-electron chi connectivity index (χ1n) is 4.18. The number of halogens is 2. The van der Waals surface area contributed by atoms with Crippen molar-refractivity contribution in [1.29, 1.82) is 0 Å². The Kier molecular flexibility index (Phi) is 2.43. The smallest absolute Gasteiger partial charge is 0.0848 e. The molecule has 4 heteroatoms. The molecule has 1 aromatic carbocycles. The number of aliphatic hydroxyl groups excluding tert-OH is 1. The highest BCUT2D eigenvalue weighted by atomic mass is 35.5. The Morgan fingerprint density at radius 1 is 1.36 bits per heavy atom. The van der Waals surface area contributed by atoms with Crippen LogP contribution in [-0.2, 0) is 13.7 Å². The molecule has 1 aromatic heterocycles. The predicted molar refractivity (Wildman–Crippen MR) is 58.9 cm³/mol. The number of nitrogens with zero attached hydrogens (tertiary/aromatic N) is 1. The average molecular weight is 230 g/mol. The van der Waals surface area contributed by atoms with Crippen molar-refractivity contribution in [3.63, 3.8) is 0 Å². The van der Waals surface area contributed by atoms with Gasteiger partial charge in [-0.05, 0) is 18.2 Å². The fraction of sp³-hybridized carbons (Fsp3) is 0.200. The maximum Gasteiger partial charge on any atom is 0.0848 e. The third-order valence-corrected chi connectivity index (χ3v) is 3.02. The molecule has 14 heavy (non-hydrogen) atoms. The molecule has 74 valence electrons. The molecule has 0 bridgehead atoms.